The van der Waals surface area contributed by atoms with E-state index >= 15 is 0 Å². The molecule has 2 aromatic rings. The summed E-state index contributed by atoms with van der Waals surface area (Å²) in [7, 11) is -1.45. The molecule has 1 aromatic heterocycles. The Kier molecular flexibility index (Phi) is 9.42. The molecular formula is C25H31F4IN4O5Si. The number of pyridine rings is 1. The van der Waals surface area contributed by atoms with Gasteiger partial charge in [0.05, 0.1) is 11.3 Å². The van der Waals surface area contributed by atoms with Crippen LogP contribution < -0.4 is 20.3 Å². The second-order valence-corrected chi connectivity index (χ2v) is 18.0. The van der Waals surface area contributed by atoms with Crippen LogP contribution in [0.1, 0.15) is 25.3 Å². The summed E-state index contributed by atoms with van der Waals surface area (Å²) in [6.07, 6.45) is -3.68. The molecule has 3 amide bonds. The lowest BCUT2D eigenvalue weighted by atomic mass is 9.77. The van der Waals surface area contributed by atoms with Crippen LogP contribution in [0, 0.1) is 9.39 Å². The van der Waals surface area contributed by atoms with Gasteiger partial charge in [-0.1, -0.05) is 25.7 Å². The standard InChI is InChI=1S/C25H31F4IN4O5Si/c1-24(2,37)19(14-6-7-18(16(26)10-14)39-25(27,28)29)20-22(35)33(13-38-8-9-40(3,4)5)17-11-15(30)12-32-21(17)34(20)23(31)36/h6-7,10-12,19-20,37H,8-9,13H2,1-5H3,(H2,31,36). The molecule has 3 N–H and O–H groups in total. The minimum Gasteiger partial charge on any atom is -0.403 e. The number of aliphatic hydroxyl groups is 1. The predicted molar refractivity (Wildman–Crippen MR) is 151 cm³/mol. The summed E-state index contributed by atoms with van der Waals surface area (Å²) in [6, 6.07) is 2.38. The normalized spacial score (nSPS) is 17.1. The molecule has 0 saturated heterocycles. The molecule has 1 aliphatic heterocycles. The summed E-state index contributed by atoms with van der Waals surface area (Å²) in [5.41, 5.74) is 4.08. The van der Waals surface area contributed by atoms with Crippen LogP contribution in [0.25, 0.3) is 0 Å². The Balaban J connectivity index is 2.13. The lowest BCUT2D eigenvalue weighted by molar-refractivity contribution is -0.275. The van der Waals surface area contributed by atoms with Crippen LogP contribution in [-0.4, -0.2) is 61.4 Å². The molecule has 0 spiro atoms. The SMILES string of the molecule is CC(C)(O)C(c1ccc(OC(F)(F)F)c(F)c1)C1C(=O)N(COCC[Si](C)(C)C)c2cc(I)cnc2N1C(N)=O. The van der Waals surface area contributed by atoms with Crippen molar-refractivity contribution in [2.24, 2.45) is 5.73 Å². The van der Waals surface area contributed by atoms with Gasteiger partial charge in [-0.15, -0.1) is 13.2 Å². The molecule has 2 unspecified atom stereocenters. The maximum Gasteiger partial charge on any atom is 0.573 e. The molecule has 0 bridgehead atoms. The average Bonchev–Trinajstić information content (AvgIpc) is 2.78. The Morgan fingerprint density at radius 3 is 2.42 bits per heavy atom. The highest BCUT2D eigenvalue weighted by molar-refractivity contribution is 14.1. The number of benzene rings is 1. The van der Waals surface area contributed by atoms with Gasteiger partial charge in [0.25, 0.3) is 5.91 Å². The second-order valence-electron chi connectivity index (χ2n) is 11.1. The number of nitrogens with two attached hydrogens (primary N) is 1. The summed E-state index contributed by atoms with van der Waals surface area (Å²) in [4.78, 5) is 33.4. The van der Waals surface area contributed by atoms with Crippen molar-refractivity contribution in [2.45, 2.75) is 63.5 Å². The number of rotatable bonds is 9. The third-order valence-corrected chi connectivity index (χ3v) is 8.50. The van der Waals surface area contributed by atoms with Gasteiger partial charge in [0, 0.05) is 30.4 Å². The molecule has 40 heavy (non-hydrogen) atoms. The van der Waals surface area contributed by atoms with Crippen LogP contribution in [0.5, 0.6) is 5.75 Å². The molecule has 0 fully saturated rings. The molecule has 0 saturated carbocycles. The van der Waals surface area contributed by atoms with Crippen LogP contribution in [0.4, 0.5) is 33.9 Å². The molecule has 0 aliphatic carbocycles. The predicted octanol–water partition coefficient (Wildman–Crippen LogP) is 5.19. The van der Waals surface area contributed by atoms with E-state index in [-0.39, 0.29) is 23.8 Å². The number of alkyl halides is 3. The molecule has 15 heteroatoms. The zero-order valence-corrected chi connectivity index (χ0v) is 25.7. The number of carbonyl (C=O) groups is 2. The largest absolute Gasteiger partial charge is 0.573 e. The van der Waals surface area contributed by atoms with Crippen LogP contribution in [0.2, 0.25) is 25.7 Å². The van der Waals surface area contributed by atoms with Crippen molar-refractivity contribution >= 4 is 54.1 Å². The molecule has 2 heterocycles. The van der Waals surface area contributed by atoms with Crippen molar-refractivity contribution in [2.75, 3.05) is 23.1 Å². The van der Waals surface area contributed by atoms with Crippen molar-refractivity contribution in [1.29, 1.82) is 0 Å². The Labute approximate surface area is 243 Å². The summed E-state index contributed by atoms with van der Waals surface area (Å²) in [6.45, 7) is 9.33. The highest BCUT2D eigenvalue weighted by atomic mass is 127. The summed E-state index contributed by atoms with van der Waals surface area (Å²) >= 11 is 2.00. The molecule has 2 atom stereocenters. The third-order valence-electron chi connectivity index (χ3n) is 6.20. The van der Waals surface area contributed by atoms with Crippen molar-refractivity contribution in [1.82, 2.24) is 4.98 Å². The zero-order valence-electron chi connectivity index (χ0n) is 22.6. The number of fused-ring (bicyclic) bond motifs is 1. The average molecular weight is 699 g/mol. The van der Waals surface area contributed by atoms with E-state index in [4.69, 9.17) is 10.5 Å². The fourth-order valence-corrected chi connectivity index (χ4v) is 5.61. The molecule has 9 nitrogen and oxygen atoms in total. The van der Waals surface area contributed by atoms with Crippen LogP contribution in [0.3, 0.4) is 0 Å². The lowest BCUT2D eigenvalue weighted by Gasteiger charge is -2.46. The second kappa shape index (κ2) is 11.8. The van der Waals surface area contributed by atoms with Gasteiger partial charge in [0.1, 0.15) is 12.8 Å². The molecule has 1 aromatic carbocycles. The minimum atomic E-state index is -5.14. The number of carbonyl (C=O) groups excluding carboxylic acids is 2. The third kappa shape index (κ3) is 7.61. The number of ether oxygens (including phenoxy) is 2. The van der Waals surface area contributed by atoms with Crippen molar-refractivity contribution < 1.29 is 41.7 Å². The summed E-state index contributed by atoms with van der Waals surface area (Å²) < 4.78 is 63.1. The van der Waals surface area contributed by atoms with E-state index in [1.807, 2.05) is 22.6 Å². The van der Waals surface area contributed by atoms with E-state index in [0.717, 1.165) is 29.1 Å². The smallest absolute Gasteiger partial charge is 0.403 e. The van der Waals surface area contributed by atoms with Crippen LogP contribution in [-0.2, 0) is 9.53 Å². The van der Waals surface area contributed by atoms with E-state index in [9.17, 15) is 32.3 Å². The number of urea groups is 1. The van der Waals surface area contributed by atoms with Gasteiger partial charge in [0.15, 0.2) is 17.4 Å². The number of anilines is 2. The lowest BCUT2D eigenvalue weighted by Crippen LogP contribution is -2.62. The number of primary amides is 1. The summed E-state index contributed by atoms with van der Waals surface area (Å²) in [5, 5.41) is 11.2. The summed E-state index contributed by atoms with van der Waals surface area (Å²) in [5.74, 6) is -4.52. The first-order valence-corrected chi connectivity index (χ1v) is 17.0. The quantitative estimate of drug-likeness (QED) is 0.161. The van der Waals surface area contributed by atoms with E-state index in [2.05, 4.69) is 29.4 Å². The molecule has 0 radical (unpaired) electrons. The van der Waals surface area contributed by atoms with Gasteiger partial charge >= 0.3 is 12.4 Å². The van der Waals surface area contributed by atoms with Gasteiger partial charge in [-0.05, 0) is 66.2 Å². The Bertz CT molecular complexity index is 1270. The fourth-order valence-electron chi connectivity index (χ4n) is 4.42. The fraction of sp³-hybridized carbons (Fsp3) is 0.480. The highest BCUT2D eigenvalue weighted by Gasteiger charge is 2.51. The molecule has 220 valence electrons. The van der Waals surface area contributed by atoms with E-state index in [0.29, 0.717) is 10.2 Å². The maximum atomic E-state index is 14.8. The van der Waals surface area contributed by atoms with Crippen molar-refractivity contribution in [3.05, 3.63) is 45.4 Å². The number of hydrogen-bond acceptors (Lipinski definition) is 6. The van der Waals surface area contributed by atoms with Crippen molar-refractivity contribution in [3.8, 4) is 5.75 Å². The number of amides is 3. The first-order chi connectivity index (χ1) is 18.3. The van der Waals surface area contributed by atoms with Crippen LogP contribution in [0.15, 0.2) is 30.5 Å². The number of aromatic nitrogens is 1. The van der Waals surface area contributed by atoms with Crippen molar-refractivity contribution in [3.63, 3.8) is 0 Å². The van der Waals surface area contributed by atoms with E-state index < -0.39 is 55.5 Å². The van der Waals surface area contributed by atoms with Gasteiger partial charge in [0.2, 0.25) is 0 Å². The topological polar surface area (TPSA) is 118 Å². The molecule has 1 aliphatic rings. The zero-order chi connectivity index (χ0) is 30.2. The van der Waals surface area contributed by atoms with Gasteiger partial charge < -0.3 is 20.3 Å². The monoisotopic (exact) mass is 698 g/mol. The van der Waals surface area contributed by atoms with E-state index in [1.165, 1.54) is 24.9 Å². The number of hydrogen-bond donors (Lipinski definition) is 2. The Hall–Kier alpha value is -2.50. The Morgan fingerprint density at radius 2 is 1.90 bits per heavy atom. The van der Waals surface area contributed by atoms with Gasteiger partial charge in [-0.2, -0.15) is 0 Å². The first kappa shape index (κ1) is 32.0. The Morgan fingerprint density at radius 1 is 1.25 bits per heavy atom. The molecular weight excluding hydrogens is 667 g/mol. The van der Waals surface area contributed by atoms with E-state index in [1.54, 1.807) is 6.07 Å². The highest BCUT2D eigenvalue weighted by Crippen LogP contribution is 2.44. The number of nitrogens with zero attached hydrogens (tertiary/aromatic N) is 3. The van der Waals surface area contributed by atoms with Gasteiger partial charge in [-0.25, -0.2) is 14.2 Å². The number of halogens is 5. The first-order valence-electron chi connectivity index (χ1n) is 12.2. The van der Waals surface area contributed by atoms with Gasteiger partial charge in [-0.3, -0.25) is 14.6 Å². The molecule has 3 rings (SSSR count). The maximum absolute atomic E-state index is 14.8. The minimum absolute atomic E-state index is 0.0121. The van der Waals surface area contributed by atoms with Crippen LogP contribution >= 0.6 is 22.6 Å².